The molecule has 1 amide bonds. The highest BCUT2D eigenvalue weighted by molar-refractivity contribution is 7.11. The van der Waals surface area contributed by atoms with Crippen LogP contribution in [0.25, 0.3) is 0 Å². The third-order valence-electron chi connectivity index (χ3n) is 2.59. The van der Waals surface area contributed by atoms with Crippen LogP contribution in [0.3, 0.4) is 0 Å². The van der Waals surface area contributed by atoms with Crippen molar-refractivity contribution >= 4 is 22.9 Å². The Labute approximate surface area is 114 Å². The van der Waals surface area contributed by atoms with E-state index in [1.54, 1.807) is 6.20 Å². The van der Waals surface area contributed by atoms with Gasteiger partial charge in [-0.15, -0.1) is 11.3 Å². The molecule has 0 aliphatic heterocycles. The Bertz CT molecular complexity index is 612. The highest BCUT2D eigenvalue weighted by atomic mass is 32.1. The Hall–Kier alpha value is -1.95. The highest BCUT2D eigenvalue weighted by Gasteiger charge is 2.16. The second-order valence-corrected chi connectivity index (χ2v) is 5.51. The number of nitrogens with zero attached hydrogens (tertiary/aromatic N) is 1. The first-order valence-electron chi connectivity index (χ1n) is 5.75. The van der Waals surface area contributed by atoms with E-state index in [0.29, 0.717) is 0 Å². The van der Waals surface area contributed by atoms with Crippen molar-refractivity contribution in [1.82, 2.24) is 10.3 Å². The van der Waals surface area contributed by atoms with E-state index < -0.39 is 11.7 Å². The lowest BCUT2D eigenvalue weighted by atomic mass is 10.1. The quantitative estimate of drug-likeness (QED) is 0.849. The summed E-state index contributed by atoms with van der Waals surface area (Å²) in [6.07, 6.45) is 1.74. The van der Waals surface area contributed by atoms with Gasteiger partial charge in [-0.25, -0.2) is 9.37 Å². The van der Waals surface area contributed by atoms with Crippen LogP contribution in [0.5, 0.6) is 0 Å². The predicted molar refractivity (Wildman–Crippen MR) is 73.5 cm³/mol. The second kappa shape index (κ2) is 5.36. The molecular formula is C13H14FN3OS. The van der Waals surface area contributed by atoms with Crippen molar-refractivity contribution in [3.8, 4) is 0 Å². The number of nitrogens with two attached hydrogens (primary N) is 1. The lowest BCUT2D eigenvalue weighted by molar-refractivity contribution is 0.0936. The minimum atomic E-state index is -0.625. The van der Waals surface area contributed by atoms with Gasteiger partial charge in [0.1, 0.15) is 10.8 Å². The van der Waals surface area contributed by atoms with Gasteiger partial charge in [-0.3, -0.25) is 4.79 Å². The summed E-state index contributed by atoms with van der Waals surface area (Å²) in [6, 6.07) is 3.74. The topological polar surface area (TPSA) is 68.0 Å². The predicted octanol–water partition coefficient (Wildman–Crippen LogP) is 2.66. The van der Waals surface area contributed by atoms with Gasteiger partial charge in [-0.05, 0) is 32.0 Å². The Balaban J connectivity index is 2.12. The number of rotatable bonds is 3. The SMILES string of the molecule is Cc1cnc(C(C)NC(=O)c2ccc(N)cc2F)s1. The average Bonchev–Trinajstić information content (AvgIpc) is 2.75. The van der Waals surface area contributed by atoms with Crippen LogP contribution in [0, 0.1) is 12.7 Å². The van der Waals surface area contributed by atoms with Gasteiger partial charge >= 0.3 is 0 Å². The van der Waals surface area contributed by atoms with Crippen LogP contribution >= 0.6 is 11.3 Å². The van der Waals surface area contributed by atoms with Gasteiger partial charge in [-0.2, -0.15) is 0 Å². The Morgan fingerprint density at radius 3 is 2.84 bits per heavy atom. The highest BCUT2D eigenvalue weighted by Crippen LogP contribution is 2.20. The monoisotopic (exact) mass is 279 g/mol. The molecule has 1 unspecified atom stereocenters. The number of carbonyl (C=O) groups excluding carboxylic acids is 1. The molecule has 0 saturated carbocycles. The number of carbonyl (C=O) groups is 1. The summed E-state index contributed by atoms with van der Waals surface area (Å²) in [5.74, 6) is -1.10. The molecule has 1 aromatic carbocycles. The zero-order chi connectivity index (χ0) is 14.0. The van der Waals surface area contributed by atoms with Crippen molar-refractivity contribution in [3.05, 3.63) is 45.7 Å². The summed E-state index contributed by atoms with van der Waals surface area (Å²) in [5, 5.41) is 3.51. The fourth-order valence-corrected chi connectivity index (χ4v) is 2.40. The largest absolute Gasteiger partial charge is 0.399 e. The summed E-state index contributed by atoms with van der Waals surface area (Å²) in [7, 11) is 0. The first-order chi connectivity index (χ1) is 8.97. The van der Waals surface area contributed by atoms with Crippen molar-refractivity contribution in [1.29, 1.82) is 0 Å². The number of hydrogen-bond acceptors (Lipinski definition) is 4. The van der Waals surface area contributed by atoms with Crippen LogP contribution in [-0.4, -0.2) is 10.9 Å². The van der Waals surface area contributed by atoms with E-state index in [0.717, 1.165) is 16.0 Å². The standard InChI is InChI=1S/C13H14FN3OS/c1-7-6-16-13(19-7)8(2)17-12(18)10-4-3-9(15)5-11(10)14/h3-6,8H,15H2,1-2H3,(H,17,18). The van der Waals surface area contributed by atoms with E-state index in [1.165, 1.54) is 23.5 Å². The van der Waals surface area contributed by atoms with Crippen molar-refractivity contribution in [2.75, 3.05) is 5.73 Å². The van der Waals surface area contributed by atoms with Crippen LogP contribution in [0.2, 0.25) is 0 Å². The minimum Gasteiger partial charge on any atom is -0.399 e. The molecule has 1 aromatic heterocycles. The number of amides is 1. The van der Waals surface area contributed by atoms with Crippen molar-refractivity contribution in [2.45, 2.75) is 19.9 Å². The summed E-state index contributed by atoms with van der Waals surface area (Å²) < 4.78 is 13.6. The minimum absolute atomic E-state index is 0.0191. The molecule has 0 spiro atoms. The number of anilines is 1. The molecule has 1 heterocycles. The molecule has 0 bridgehead atoms. The molecule has 2 aromatic rings. The maximum absolute atomic E-state index is 13.6. The van der Waals surface area contributed by atoms with Gasteiger partial charge in [0.2, 0.25) is 0 Å². The van der Waals surface area contributed by atoms with Gasteiger partial charge < -0.3 is 11.1 Å². The van der Waals surface area contributed by atoms with Gasteiger partial charge in [0.15, 0.2) is 0 Å². The molecule has 19 heavy (non-hydrogen) atoms. The molecular weight excluding hydrogens is 265 g/mol. The van der Waals surface area contributed by atoms with E-state index in [4.69, 9.17) is 5.73 Å². The molecule has 0 aliphatic rings. The van der Waals surface area contributed by atoms with Crippen molar-refractivity contribution in [3.63, 3.8) is 0 Å². The van der Waals surface area contributed by atoms with Crippen LogP contribution < -0.4 is 11.1 Å². The van der Waals surface area contributed by atoms with E-state index in [1.807, 2.05) is 13.8 Å². The fraction of sp³-hybridized carbons (Fsp3) is 0.231. The summed E-state index contributed by atoms with van der Waals surface area (Å²) in [4.78, 5) is 17.2. The number of aromatic nitrogens is 1. The zero-order valence-corrected chi connectivity index (χ0v) is 11.4. The van der Waals surface area contributed by atoms with Gasteiger partial charge in [0, 0.05) is 16.8 Å². The second-order valence-electron chi connectivity index (χ2n) is 4.24. The van der Waals surface area contributed by atoms with E-state index in [-0.39, 0.29) is 17.3 Å². The Kier molecular flexibility index (Phi) is 3.80. The normalized spacial score (nSPS) is 12.2. The van der Waals surface area contributed by atoms with E-state index in [2.05, 4.69) is 10.3 Å². The van der Waals surface area contributed by atoms with Gasteiger partial charge in [-0.1, -0.05) is 0 Å². The summed E-state index contributed by atoms with van der Waals surface area (Å²) >= 11 is 1.50. The number of nitrogens with one attached hydrogen (secondary N) is 1. The Morgan fingerprint density at radius 1 is 1.53 bits per heavy atom. The third kappa shape index (κ3) is 3.08. The molecule has 2 rings (SSSR count). The molecule has 0 radical (unpaired) electrons. The van der Waals surface area contributed by atoms with E-state index >= 15 is 0 Å². The van der Waals surface area contributed by atoms with Gasteiger partial charge in [0.05, 0.1) is 11.6 Å². The van der Waals surface area contributed by atoms with Crippen molar-refractivity contribution in [2.24, 2.45) is 0 Å². The average molecular weight is 279 g/mol. The third-order valence-corrected chi connectivity index (χ3v) is 3.69. The number of hydrogen-bond donors (Lipinski definition) is 2. The molecule has 0 fully saturated rings. The number of nitrogen functional groups attached to an aromatic ring is 1. The van der Waals surface area contributed by atoms with Gasteiger partial charge in [0.25, 0.3) is 5.91 Å². The summed E-state index contributed by atoms with van der Waals surface area (Å²) in [6.45, 7) is 3.75. The van der Waals surface area contributed by atoms with Crippen LogP contribution in [0.4, 0.5) is 10.1 Å². The lowest BCUT2D eigenvalue weighted by Gasteiger charge is -2.11. The smallest absolute Gasteiger partial charge is 0.254 e. The molecule has 100 valence electrons. The lowest BCUT2D eigenvalue weighted by Crippen LogP contribution is -2.27. The zero-order valence-electron chi connectivity index (χ0n) is 10.6. The van der Waals surface area contributed by atoms with Crippen molar-refractivity contribution < 1.29 is 9.18 Å². The first kappa shape index (κ1) is 13.5. The maximum Gasteiger partial charge on any atom is 0.254 e. The summed E-state index contributed by atoms with van der Waals surface area (Å²) in [5.41, 5.74) is 5.71. The van der Waals surface area contributed by atoms with Crippen LogP contribution in [0.1, 0.15) is 33.2 Å². The Morgan fingerprint density at radius 2 is 2.26 bits per heavy atom. The molecule has 4 nitrogen and oxygen atoms in total. The maximum atomic E-state index is 13.6. The number of aryl methyl sites for hydroxylation is 1. The first-order valence-corrected chi connectivity index (χ1v) is 6.57. The molecule has 1 atom stereocenters. The molecule has 3 N–H and O–H groups in total. The van der Waals surface area contributed by atoms with Crippen LogP contribution in [0.15, 0.2) is 24.4 Å². The molecule has 6 heteroatoms. The van der Waals surface area contributed by atoms with Crippen LogP contribution in [-0.2, 0) is 0 Å². The molecule has 0 saturated heterocycles. The molecule has 0 aliphatic carbocycles. The number of thiazole rings is 1. The number of halogens is 1. The fourth-order valence-electron chi connectivity index (χ4n) is 1.62. The number of benzene rings is 1. The van der Waals surface area contributed by atoms with E-state index in [9.17, 15) is 9.18 Å².